The van der Waals surface area contributed by atoms with Crippen molar-refractivity contribution >= 4 is 34.8 Å². The Labute approximate surface area is 185 Å². The second-order valence-electron chi connectivity index (χ2n) is 7.59. The molecule has 0 spiro atoms. The molecule has 1 amide bonds. The zero-order valence-corrected chi connectivity index (χ0v) is 17.6. The number of ketones is 1. The number of anilines is 1. The van der Waals surface area contributed by atoms with E-state index in [2.05, 4.69) is 0 Å². The molecular weight excluding hydrogens is 404 g/mol. The lowest BCUT2D eigenvalue weighted by atomic mass is 10.1. The van der Waals surface area contributed by atoms with Crippen LogP contribution in [0.15, 0.2) is 84.4 Å². The van der Waals surface area contributed by atoms with E-state index in [0.717, 1.165) is 16.8 Å². The van der Waals surface area contributed by atoms with Gasteiger partial charge in [0.2, 0.25) is 0 Å². The van der Waals surface area contributed by atoms with Gasteiger partial charge in [-0.05, 0) is 73.5 Å². The SMILES string of the molecule is CC(=O)c1ccc(N2C(=O)/C(=C/c3ccc([N+](=O)[O-])cc3)C=C2c2ccc(C)cc2)cc1. The quantitative estimate of drug-likeness (QED) is 0.232. The molecule has 0 N–H and O–H groups in total. The highest BCUT2D eigenvalue weighted by atomic mass is 16.6. The van der Waals surface area contributed by atoms with E-state index in [4.69, 9.17) is 0 Å². The third-order valence-electron chi connectivity index (χ3n) is 5.29. The van der Waals surface area contributed by atoms with Crippen molar-refractivity contribution in [3.05, 3.63) is 117 Å². The molecule has 0 fully saturated rings. The predicted molar refractivity (Wildman–Crippen MR) is 124 cm³/mol. The molecule has 1 heterocycles. The van der Waals surface area contributed by atoms with Gasteiger partial charge in [0.25, 0.3) is 11.6 Å². The molecule has 158 valence electrons. The highest BCUT2D eigenvalue weighted by Gasteiger charge is 2.30. The topological polar surface area (TPSA) is 80.5 Å². The van der Waals surface area contributed by atoms with E-state index in [9.17, 15) is 19.7 Å². The second-order valence-corrected chi connectivity index (χ2v) is 7.59. The van der Waals surface area contributed by atoms with E-state index < -0.39 is 4.92 Å². The van der Waals surface area contributed by atoms with E-state index in [1.807, 2.05) is 37.3 Å². The van der Waals surface area contributed by atoms with Crippen LogP contribution in [0.5, 0.6) is 0 Å². The number of carbonyl (C=O) groups is 2. The van der Waals surface area contributed by atoms with E-state index in [1.165, 1.54) is 19.1 Å². The van der Waals surface area contributed by atoms with Gasteiger partial charge in [-0.3, -0.25) is 24.6 Å². The largest absolute Gasteiger partial charge is 0.295 e. The van der Waals surface area contributed by atoms with E-state index >= 15 is 0 Å². The molecule has 0 unspecified atom stereocenters. The summed E-state index contributed by atoms with van der Waals surface area (Å²) in [4.78, 5) is 37.1. The number of nitrogens with zero attached hydrogens (tertiary/aromatic N) is 2. The van der Waals surface area contributed by atoms with Crippen LogP contribution in [-0.2, 0) is 4.79 Å². The Morgan fingerprint density at radius 3 is 2.12 bits per heavy atom. The number of nitro groups is 1. The molecule has 0 bridgehead atoms. The van der Waals surface area contributed by atoms with Gasteiger partial charge in [0.15, 0.2) is 5.78 Å². The first-order chi connectivity index (χ1) is 15.3. The molecule has 3 aromatic rings. The van der Waals surface area contributed by atoms with Crippen LogP contribution in [0.3, 0.4) is 0 Å². The summed E-state index contributed by atoms with van der Waals surface area (Å²) in [7, 11) is 0. The summed E-state index contributed by atoms with van der Waals surface area (Å²) in [5.41, 5.74) is 5.08. The van der Waals surface area contributed by atoms with E-state index in [1.54, 1.807) is 47.4 Å². The molecule has 1 aliphatic heterocycles. The highest BCUT2D eigenvalue weighted by Crippen LogP contribution is 2.35. The number of rotatable bonds is 5. The number of amides is 1. The van der Waals surface area contributed by atoms with Crippen molar-refractivity contribution in [2.75, 3.05) is 4.90 Å². The van der Waals surface area contributed by atoms with Crippen LogP contribution in [0.2, 0.25) is 0 Å². The van der Waals surface area contributed by atoms with Crippen molar-refractivity contribution in [2.24, 2.45) is 0 Å². The van der Waals surface area contributed by atoms with Gasteiger partial charge in [-0.1, -0.05) is 29.8 Å². The molecule has 6 nitrogen and oxygen atoms in total. The van der Waals surface area contributed by atoms with E-state index in [0.29, 0.717) is 22.4 Å². The summed E-state index contributed by atoms with van der Waals surface area (Å²) in [6.07, 6.45) is 3.53. The van der Waals surface area contributed by atoms with Gasteiger partial charge in [-0.15, -0.1) is 0 Å². The Morgan fingerprint density at radius 1 is 0.938 bits per heavy atom. The Balaban J connectivity index is 1.77. The van der Waals surface area contributed by atoms with Crippen molar-refractivity contribution < 1.29 is 14.5 Å². The van der Waals surface area contributed by atoms with Crippen LogP contribution >= 0.6 is 0 Å². The molecule has 0 saturated heterocycles. The van der Waals surface area contributed by atoms with E-state index in [-0.39, 0.29) is 17.4 Å². The number of carbonyl (C=O) groups excluding carboxylic acids is 2. The first-order valence-corrected chi connectivity index (χ1v) is 10.0. The number of Topliss-reactive ketones (excluding diaryl/α,β-unsaturated/α-hetero) is 1. The zero-order valence-electron chi connectivity index (χ0n) is 17.6. The highest BCUT2D eigenvalue weighted by molar-refractivity contribution is 6.23. The van der Waals surface area contributed by atoms with Crippen molar-refractivity contribution in [3.63, 3.8) is 0 Å². The Morgan fingerprint density at radius 2 is 1.56 bits per heavy atom. The summed E-state index contributed by atoms with van der Waals surface area (Å²) >= 11 is 0. The Kier molecular flexibility index (Phi) is 5.52. The summed E-state index contributed by atoms with van der Waals surface area (Å²) in [6.45, 7) is 3.49. The predicted octanol–water partition coefficient (Wildman–Crippen LogP) is 5.58. The van der Waals surface area contributed by atoms with Crippen LogP contribution in [0, 0.1) is 17.0 Å². The minimum absolute atomic E-state index is 0.00651. The molecule has 0 radical (unpaired) electrons. The summed E-state index contributed by atoms with van der Waals surface area (Å²) < 4.78 is 0. The maximum atomic E-state index is 13.4. The molecule has 1 aliphatic rings. The van der Waals surface area contributed by atoms with Gasteiger partial charge in [0.05, 0.1) is 10.6 Å². The van der Waals surface area contributed by atoms with Gasteiger partial charge in [-0.25, -0.2) is 0 Å². The van der Waals surface area contributed by atoms with Crippen molar-refractivity contribution in [3.8, 4) is 0 Å². The van der Waals surface area contributed by atoms with Crippen molar-refractivity contribution in [1.82, 2.24) is 0 Å². The third kappa shape index (κ3) is 4.11. The third-order valence-corrected chi connectivity index (χ3v) is 5.29. The minimum atomic E-state index is -0.459. The number of aryl methyl sites for hydroxylation is 1. The van der Waals surface area contributed by atoms with Crippen LogP contribution in [0.1, 0.15) is 34.0 Å². The fourth-order valence-corrected chi connectivity index (χ4v) is 3.53. The number of non-ortho nitro benzene ring substituents is 1. The number of nitro benzene ring substituents is 1. The molecular formula is C26H20N2O4. The zero-order chi connectivity index (χ0) is 22.8. The van der Waals surface area contributed by atoms with Crippen LogP contribution in [0.4, 0.5) is 11.4 Å². The molecule has 4 rings (SSSR count). The van der Waals surface area contributed by atoms with Gasteiger partial charge >= 0.3 is 0 Å². The number of benzene rings is 3. The first kappa shape index (κ1) is 20.9. The Hall–Kier alpha value is -4.32. The fourth-order valence-electron chi connectivity index (χ4n) is 3.53. The van der Waals surface area contributed by atoms with Crippen LogP contribution < -0.4 is 4.90 Å². The molecule has 0 saturated carbocycles. The van der Waals surface area contributed by atoms with Gasteiger partial charge in [0, 0.05) is 29.0 Å². The first-order valence-electron chi connectivity index (χ1n) is 10.0. The number of hydrogen-bond donors (Lipinski definition) is 0. The molecule has 3 aromatic carbocycles. The molecule has 0 aliphatic carbocycles. The monoisotopic (exact) mass is 424 g/mol. The summed E-state index contributed by atoms with van der Waals surface area (Å²) in [5.74, 6) is -0.258. The Bertz CT molecular complexity index is 1270. The summed E-state index contributed by atoms with van der Waals surface area (Å²) in [5, 5.41) is 10.9. The minimum Gasteiger partial charge on any atom is -0.295 e. The normalized spacial score (nSPS) is 14.6. The molecule has 6 heteroatoms. The molecule has 0 aromatic heterocycles. The van der Waals surface area contributed by atoms with Crippen LogP contribution in [0.25, 0.3) is 11.8 Å². The maximum Gasteiger partial charge on any atom is 0.269 e. The average Bonchev–Trinajstić information content (AvgIpc) is 3.10. The lowest BCUT2D eigenvalue weighted by Gasteiger charge is -2.21. The van der Waals surface area contributed by atoms with Gasteiger partial charge in [0.1, 0.15) is 0 Å². The standard InChI is InChI=1S/C26H20N2O4/c1-17-3-7-21(8-4-17)25-16-22(15-19-5-11-24(12-6-19)28(31)32)26(30)27(25)23-13-9-20(10-14-23)18(2)29/h3-16H,1-2H3/b22-15+. The molecule has 0 atom stereocenters. The summed E-state index contributed by atoms with van der Waals surface area (Å²) in [6, 6.07) is 20.8. The lowest BCUT2D eigenvalue weighted by molar-refractivity contribution is -0.384. The van der Waals surface area contributed by atoms with Gasteiger partial charge in [-0.2, -0.15) is 0 Å². The van der Waals surface area contributed by atoms with Crippen molar-refractivity contribution in [2.45, 2.75) is 13.8 Å². The van der Waals surface area contributed by atoms with Gasteiger partial charge < -0.3 is 0 Å². The lowest BCUT2D eigenvalue weighted by Crippen LogP contribution is -2.25. The average molecular weight is 424 g/mol. The molecule has 32 heavy (non-hydrogen) atoms. The van der Waals surface area contributed by atoms with Crippen LogP contribution in [-0.4, -0.2) is 16.6 Å². The second kappa shape index (κ2) is 8.43. The maximum absolute atomic E-state index is 13.4. The smallest absolute Gasteiger partial charge is 0.269 e. The number of hydrogen-bond acceptors (Lipinski definition) is 4. The fraction of sp³-hybridized carbons (Fsp3) is 0.0769. The van der Waals surface area contributed by atoms with Crippen molar-refractivity contribution in [1.29, 1.82) is 0 Å².